The Hall–Kier alpha value is -1.84. The number of hydrogen-bond donors (Lipinski definition) is 1. The molecule has 4 nitrogen and oxygen atoms in total. The molecule has 4 heteroatoms. The second kappa shape index (κ2) is 5.61. The molecule has 128 valence electrons. The molecule has 0 aliphatic heterocycles. The Morgan fingerprint density at radius 3 is 1.92 bits per heavy atom. The van der Waals surface area contributed by atoms with Crippen molar-refractivity contribution >= 4 is 17.5 Å². The number of carbonyl (C=O) groups is 2. The lowest BCUT2D eigenvalue weighted by Gasteiger charge is -2.55. The van der Waals surface area contributed by atoms with Crippen LogP contribution in [0.4, 0.5) is 5.69 Å². The molecule has 1 aromatic rings. The fourth-order valence-corrected chi connectivity index (χ4v) is 5.61. The molecule has 4 saturated carbocycles. The summed E-state index contributed by atoms with van der Waals surface area (Å²) >= 11 is 0. The molecule has 0 spiro atoms. The molecule has 4 bridgehead atoms. The molecule has 2 amide bonds. The van der Waals surface area contributed by atoms with Gasteiger partial charge in [0.1, 0.15) is 0 Å². The van der Waals surface area contributed by atoms with Crippen LogP contribution in [0.5, 0.6) is 0 Å². The van der Waals surface area contributed by atoms with Crippen molar-refractivity contribution in [1.82, 2.24) is 4.90 Å². The topological polar surface area (TPSA) is 49.4 Å². The van der Waals surface area contributed by atoms with Crippen LogP contribution >= 0.6 is 0 Å². The van der Waals surface area contributed by atoms with Crippen molar-refractivity contribution in [3.05, 3.63) is 29.8 Å². The van der Waals surface area contributed by atoms with Gasteiger partial charge in [-0.3, -0.25) is 9.59 Å². The smallest absolute Gasteiger partial charge is 0.253 e. The highest BCUT2D eigenvalue weighted by Gasteiger charge is 2.54. The lowest BCUT2D eigenvalue weighted by Crippen LogP contribution is -2.51. The largest absolute Gasteiger partial charge is 0.345 e. The van der Waals surface area contributed by atoms with Crippen molar-refractivity contribution in [2.24, 2.45) is 23.2 Å². The van der Waals surface area contributed by atoms with Crippen molar-refractivity contribution in [2.45, 2.75) is 38.5 Å². The summed E-state index contributed by atoms with van der Waals surface area (Å²) in [6, 6.07) is 7.26. The quantitative estimate of drug-likeness (QED) is 0.923. The fourth-order valence-electron chi connectivity index (χ4n) is 5.61. The maximum atomic E-state index is 13.0. The molecule has 4 fully saturated rings. The van der Waals surface area contributed by atoms with Gasteiger partial charge in [0.15, 0.2) is 0 Å². The minimum absolute atomic E-state index is 0.0195. The molecule has 0 radical (unpaired) electrons. The van der Waals surface area contributed by atoms with E-state index in [1.54, 1.807) is 31.1 Å². The highest BCUT2D eigenvalue weighted by molar-refractivity contribution is 5.97. The number of amides is 2. The van der Waals surface area contributed by atoms with Crippen LogP contribution in [-0.2, 0) is 4.79 Å². The molecule has 5 rings (SSSR count). The first-order valence-corrected chi connectivity index (χ1v) is 9.08. The van der Waals surface area contributed by atoms with Gasteiger partial charge in [-0.15, -0.1) is 0 Å². The van der Waals surface area contributed by atoms with Crippen molar-refractivity contribution in [3.63, 3.8) is 0 Å². The zero-order chi connectivity index (χ0) is 16.9. The second-order valence-electron chi connectivity index (χ2n) is 8.43. The summed E-state index contributed by atoms with van der Waals surface area (Å²) in [5, 5.41) is 3.13. The number of anilines is 1. The summed E-state index contributed by atoms with van der Waals surface area (Å²) in [7, 11) is 3.48. The molecule has 1 N–H and O–H groups in total. The third kappa shape index (κ3) is 2.62. The zero-order valence-corrected chi connectivity index (χ0v) is 14.5. The van der Waals surface area contributed by atoms with Crippen molar-refractivity contribution in [3.8, 4) is 0 Å². The molecule has 24 heavy (non-hydrogen) atoms. The van der Waals surface area contributed by atoms with E-state index < -0.39 is 0 Å². The Morgan fingerprint density at radius 2 is 1.46 bits per heavy atom. The highest BCUT2D eigenvalue weighted by Crippen LogP contribution is 2.60. The fraction of sp³-hybridized carbons (Fsp3) is 0.600. The number of hydrogen-bond acceptors (Lipinski definition) is 2. The number of rotatable bonds is 3. The summed E-state index contributed by atoms with van der Waals surface area (Å²) in [5.41, 5.74) is 1.31. The van der Waals surface area contributed by atoms with E-state index in [-0.39, 0.29) is 17.2 Å². The van der Waals surface area contributed by atoms with Gasteiger partial charge in [-0.1, -0.05) is 0 Å². The first kappa shape index (κ1) is 15.7. The van der Waals surface area contributed by atoms with Crippen molar-refractivity contribution < 1.29 is 9.59 Å². The lowest BCUT2D eigenvalue weighted by atomic mass is 9.49. The third-order valence-corrected chi connectivity index (χ3v) is 6.32. The van der Waals surface area contributed by atoms with Gasteiger partial charge in [0.05, 0.1) is 5.41 Å². The second-order valence-corrected chi connectivity index (χ2v) is 8.43. The predicted octanol–water partition coefficient (Wildman–Crippen LogP) is 3.54. The van der Waals surface area contributed by atoms with Crippen LogP contribution in [0.1, 0.15) is 48.9 Å². The minimum Gasteiger partial charge on any atom is -0.345 e. The summed E-state index contributed by atoms with van der Waals surface area (Å²) in [5.74, 6) is 2.48. The van der Waals surface area contributed by atoms with Gasteiger partial charge in [-0.2, -0.15) is 0 Å². The molecular formula is C20H26N2O2. The monoisotopic (exact) mass is 326 g/mol. The minimum atomic E-state index is -0.132. The van der Waals surface area contributed by atoms with Crippen molar-refractivity contribution in [2.75, 3.05) is 19.4 Å². The Morgan fingerprint density at radius 1 is 0.958 bits per heavy atom. The first-order chi connectivity index (χ1) is 11.4. The van der Waals surface area contributed by atoms with E-state index in [9.17, 15) is 9.59 Å². The third-order valence-electron chi connectivity index (χ3n) is 6.32. The van der Waals surface area contributed by atoms with Gasteiger partial charge in [-0.05, 0) is 80.5 Å². The molecule has 0 aromatic heterocycles. The Labute approximate surface area is 143 Å². The summed E-state index contributed by atoms with van der Waals surface area (Å²) in [4.78, 5) is 26.5. The molecule has 0 atom stereocenters. The van der Waals surface area contributed by atoms with Gasteiger partial charge >= 0.3 is 0 Å². The Balaban J connectivity index is 1.47. The molecule has 0 saturated heterocycles. The average molecular weight is 326 g/mol. The van der Waals surface area contributed by atoms with Crippen LogP contribution < -0.4 is 5.32 Å². The van der Waals surface area contributed by atoms with Crippen LogP contribution in [-0.4, -0.2) is 30.8 Å². The lowest BCUT2D eigenvalue weighted by molar-refractivity contribution is -0.140. The van der Waals surface area contributed by atoms with Crippen LogP contribution in [0.15, 0.2) is 24.3 Å². The Kier molecular flexibility index (Phi) is 3.66. The SMILES string of the molecule is CN(C)C(=O)c1ccc(NC(=O)C23CC4CC(CC(C4)C2)C3)cc1. The standard InChI is InChI=1S/C20H26N2O2/c1-22(2)18(23)16-3-5-17(6-4-16)21-19(24)20-10-13-7-14(11-20)9-15(8-13)12-20/h3-6,13-15H,7-12H2,1-2H3,(H,21,24). The van der Waals surface area contributed by atoms with E-state index in [4.69, 9.17) is 0 Å². The summed E-state index contributed by atoms with van der Waals surface area (Å²) in [6.07, 6.45) is 7.24. The van der Waals surface area contributed by atoms with Crippen LogP contribution in [0.3, 0.4) is 0 Å². The predicted molar refractivity (Wildman–Crippen MR) is 93.7 cm³/mol. The van der Waals surface area contributed by atoms with E-state index in [1.165, 1.54) is 19.3 Å². The van der Waals surface area contributed by atoms with E-state index in [0.717, 1.165) is 42.7 Å². The average Bonchev–Trinajstić information content (AvgIpc) is 2.53. The van der Waals surface area contributed by atoms with E-state index in [1.807, 2.05) is 12.1 Å². The van der Waals surface area contributed by atoms with Crippen LogP contribution in [0.2, 0.25) is 0 Å². The van der Waals surface area contributed by atoms with Gasteiger partial charge < -0.3 is 10.2 Å². The van der Waals surface area contributed by atoms with Gasteiger partial charge in [0, 0.05) is 25.3 Å². The summed E-state index contributed by atoms with van der Waals surface area (Å²) < 4.78 is 0. The Bertz CT molecular complexity index is 627. The number of carbonyl (C=O) groups excluding carboxylic acids is 2. The van der Waals surface area contributed by atoms with Gasteiger partial charge in [0.2, 0.25) is 5.91 Å². The number of nitrogens with one attached hydrogen (secondary N) is 1. The maximum absolute atomic E-state index is 13.0. The maximum Gasteiger partial charge on any atom is 0.253 e. The van der Waals surface area contributed by atoms with Gasteiger partial charge in [0.25, 0.3) is 5.91 Å². The van der Waals surface area contributed by atoms with E-state index >= 15 is 0 Å². The molecule has 1 aromatic carbocycles. The van der Waals surface area contributed by atoms with Crippen LogP contribution in [0, 0.1) is 23.2 Å². The number of nitrogens with zero attached hydrogens (tertiary/aromatic N) is 1. The molecule has 4 aliphatic carbocycles. The van der Waals surface area contributed by atoms with Gasteiger partial charge in [-0.25, -0.2) is 0 Å². The number of benzene rings is 1. The normalized spacial score (nSPS) is 33.3. The van der Waals surface area contributed by atoms with Crippen molar-refractivity contribution in [1.29, 1.82) is 0 Å². The zero-order valence-electron chi connectivity index (χ0n) is 14.5. The molecule has 0 heterocycles. The molecular weight excluding hydrogens is 300 g/mol. The van der Waals surface area contributed by atoms with Crippen LogP contribution in [0.25, 0.3) is 0 Å². The molecule has 0 unspecified atom stereocenters. The van der Waals surface area contributed by atoms with E-state index in [2.05, 4.69) is 5.32 Å². The molecule has 4 aliphatic rings. The highest BCUT2D eigenvalue weighted by atomic mass is 16.2. The van der Waals surface area contributed by atoms with E-state index in [0.29, 0.717) is 5.56 Å². The first-order valence-electron chi connectivity index (χ1n) is 9.08. The summed E-state index contributed by atoms with van der Waals surface area (Å²) in [6.45, 7) is 0.